The molecule has 1 fully saturated rings. The molecule has 1 aliphatic rings. The number of thioether (sulfide) groups is 1. The van der Waals surface area contributed by atoms with Gasteiger partial charge in [-0.2, -0.15) is 0 Å². The highest BCUT2D eigenvalue weighted by atomic mass is 32.2. The molecule has 1 saturated heterocycles. The molecule has 0 atom stereocenters. The third-order valence-electron chi connectivity index (χ3n) is 5.02. The molecule has 31 heavy (non-hydrogen) atoms. The van der Waals surface area contributed by atoms with Crippen LogP contribution in [0.5, 0.6) is 5.75 Å². The molecule has 0 bridgehead atoms. The van der Waals surface area contributed by atoms with E-state index in [1.807, 2.05) is 73.7 Å². The van der Waals surface area contributed by atoms with Crippen molar-refractivity contribution < 1.29 is 14.3 Å². The number of hydrogen-bond acceptors (Lipinski definition) is 4. The van der Waals surface area contributed by atoms with Crippen LogP contribution in [-0.4, -0.2) is 22.7 Å². The van der Waals surface area contributed by atoms with Crippen LogP contribution in [0.1, 0.15) is 22.3 Å². The molecule has 5 heteroatoms. The predicted octanol–water partition coefficient (Wildman–Crippen LogP) is 5.85. The third kappa shape index (κ3) is 5.44. The molecule has 4 rings (SSSR count). The Hall–Kier alpha value is -3.31. The highest BCUT2D eigenvalue weighted by Crippen LogP contribution is 2.33. The van der Waals surface area contributed by atoms with Gasteiger partial charge < -0.3 is 4.74 Å². The summed E-state index contributed by atoms with van der Waals surface area (Å²) in [5, 5.41) is -0.238. The van der Waals surface area contributed by atoms with E-state index >= 15 is 0 Å². The van der Waals surface area contributed by atoms with Gasteiger partial charge in [0, 0.05) is 6.42 Å². The molecular formula is C26H23NO3S. The Bertz CT molecular complexity index is 1090. The Morgan fingerprint density at radius 3 is 2.29 bits per heavy atom. The average Bonchev–Trinajstić information content (AvgIpc) is 3.04. The van der Waals surface area contributed by atoms with Crippen LogP contribution in [-0.2, 0) is 17.8 Å². The first-order chi connectivity index (χ1) is 15.1. The minimum absolute atomic E-state index is 0.238. The summed E-state index contributed by atoms with van der Waals surface area (Å²) in [5.41, 5.74) is 4.17. The van der Waals surface area contributed by atoms with E-state index in [9.17, 15) is 9.59 Å². The fourth-order valence-corrected chi connectivity index (χ4v) is 4.09. The van der Waals surface area contributed by atoms with Crippen molar-refractivity contribution in [3.63, 3.8) is 0 Å². The molecule has 2 amide bonds. The van der Waals surface area contributed by atoms with Crippen molar-refractivity contribution in [1.82, 2.24) is 4.90 Å². The number of imide groups is 1. The smallest absolute Gasteiger partial charge is 0.293 e. The summed E-state index contributed by atoms with van der Waals surface area (Å²) in [6.45, 7) is 2.89. The molecule has 0 unspecified atom stereocenters. The zero-order valence-corrected chi connectivity index (χ0v) is 18.1. The van der Waals surface area contributed by atoms with Gasteiger partial charge in [-0.25, -0.2) is 0 Å². The maximum atomic E-state index is 12.7. The molecular weight excluding hydrogens is 406 g/mol. The summed E-state index contributed by atoms with van der Waals surface area (Å²) in [6, 6.07) is 25.6. The van der Waals surface area contributed by atoms with Gasteiger partial charge in [0.25, 0.3) is 11.1 Å². The quantitative estimate of drug-likeness (QED) is 0.442. The zero-order valence-electron chi connectivity index (χ0n) is 17.3. The Kier molecular flexibility index (Phi) is 6.53. The normalized spacial score (nSPS) is 15.0. The summed E-state index contributed by atoms with van der Waals surface area (Å²) in [4.78, 5) is 26.8. The molecule has 0 aromatic heterocycles. The van der Waals surface area contributed by atoms with Crippen LogP contribution < -0.4 is 4.74 Å². The topological polar surface area (TPSA) is 46.6 Å². The molecule has 1 heterocycles. The van der Waals surface area contributed by atoms with Crippen LogP contribution in [0.15, 0.2) is 83.8 Å². The van der Waals surface area contributed by atoms with E-state index in [0.717, 1.165) is 40.6 Å². The number of rotatable bonds is 7. The van der Waals surface area contributed by atoms with Crippen LogP contribution in [0.4, 0.5) is 4.79 Å². The van der Waals surface area contributed by atoms with E-state index in [-0.39, 0.29) is 17.7 Å². The molecule has 156 valence electrons. The lowest BCUT2D eigenvalue weighted by Crippen LogP contribution is -2.27. The Balaban J connectivity index is 1.36. The maximum Gasteiger partial charge on any atom is 0.293 e. The fraction of sp³-hybridized carbons (Fsp3) is 0.154. The van der Waals surface area contributed by atoms with E-state index in [1.54, 1.807) is 6.08 Å². The number of amides is 2. The highest BCUT2D eigenvalue weighted by Gasteiger charge is 2.34. The molecule has 1 aliphatic heterocycles. The van der Waals surface area contributed by atoms with Crippen molar-refractivity contribution in [1.29, 1.82) is 0 Å². The van der Waals surface area contributed by atoms with E-state index in [0.29, 0.717) is 11.5 Å². The first-order valence-electron chi connectivity index (χ1n) is 10.2. The van der Waals surface area contributed by atoms with Crippen LogP contribution >= 0.6 is 11.8 Å². The Labute approximate surface area is 186 Å². The first kappa shape index (κ1) is 20.9. The van der Waals surface area contributed by atoms with Crippen molar-refractivity contribution >= 4 is 29.0 Å². The van der Waals surface area contributed by atoms with Crippen molar-refractivity contribution in [3.05, 3.63) is 106 Å². The van der Waals surface area contributed by atoms with E-state index in [4.69, 9.17) is 4.74 Å². The van der Waals surface area contributed by atoms with Crippen LogP contribution in [0.2, 0.25) is 0 Å². The fourth-order valence-electron chi connectivity index (χ4n) is 3.26. The van der Waals surface area contributed by atoms with Crippen LogP contribution in [0.25, 0.3) is 6.08 Å². The van der Waals surface area contributed by atoms with Crippen molar-refractivity contribution in [2.75, 3.05) is 6.61 Å². The number of aryl methyl sites for hydroxylation is 1. The summed E-state index contributed by atoms with van der Waals surface area (Å²) in [5.74, 6) is 0.527. The minimum Gasteiger partial charge on any atom is -0.493 e. The maximum absolute atomic E-state index is 12.7. The monoisotopic (exact) mass is 429 g/mol. The summed E-state index contributed by atoms with van der Waals surface area (Å²) < 4.78 is 5.81. The summed E-state index contributed by atoms with van der Waals surface area (Å²) in [7, 11) is 0. The van der Waals surface area contributed by atoms with Gasteiger partial charge in [-0.05, 0) is 53.6 Å². The van der Waals surface area contributed by atoms with Crippen molar-refractivity contribution in [3.8, 4) is 5.75 Å². The van der Waals surface area contributed by atoms with Gasteiger partial charge in [0.15, 0.2) is 0 Å². The lowest BCUT2D eigenvalue weighted by molar-refractivity contribution is -0.123. The second-order valence-electron chi connectivity index (χ2n) is 7.41. The van der Waals surface area contributed by atoms with Crippen LogP contribution in [0, 0.1) is 6.92 Å². The SMILES string of the molecule is Cc1ccc(CN2C(=O)S/C(=C\c3ccc(OCCc4ccccc4)cc3)C2=O)cc1. The highest BCUT2D eigenvalue weighted by molar-refractivity contribution is 8.18. The second-order valence-corrected chi connectivity index (χ2v) is 8.40. The van der Waals surface area contributed by atoms with Gasteiger partial charge >= 0.3 is 0 Å². The van der Waals surface area contributed by atoms with Gasteiger partial charge in [-0.3, -0.25) is 14.5 Å². The van der Waals surface area contributed by atoms with Crippen molar-refractivity contribution in [2.24, 2.45) is 0 Å². The molecule has 0 radical (unpaired) electrons. The number of hydrogen-bond donors (Lipinski definition) is 0. The largest absolute Gasteiger partial charge is 0.493 e. The third-order valence-corrected chi connectivity index (χ3v) is 5.92. The molecule has 0 spiro atoms. The molecule has 3 aromatic rings. The lowest BCUT2D eigenvalue weighted by Gasteiger charge is -2.12. The molecule has 0 N–H and O–H groups in total. The van der Waals surface area contributed by atoms with E-state index in [2.05, 4.69) is 12.1 Å². The second kappa shape index (κ2) is 9.67. The van der Waals surface area contributed by atoms with Crippen molar-refractivity contribution in [2.45, 2.75) is 19.9 Å². The average molecular weight is 430 g/mol. The summed E-state index contributed by atoms with van der Waals surface area (Å²) >= 11 is 0.982. The minimum atomic E-state index is -0.251. The van der Waals surface area contributed by atoms with Gasteiger partial charge in [-0.15, -0.1) is 0 Å². The lowest BCUT2D eigenvalue weighted by atomic mass is 10.1. The van der Waals surface area contributed by atoms with Gasteiger partial charge in [-0.1, -0.05) is 72.3 Å². The predicted molar refractivity (Wildman–Crippen MR) is 125 cm³/mol. The standard InChI is InChI=1S/C26H23NO3S/c1-19-7-9-22(10-8-19)18-27-25(28)24(31-26(27)29)17-21-11-13-23(14-12-21)30-16-15-20-5-3-2-4-6-20/h2-14,17H,15-16,18H2,1H3/b24-17-. The zero-order chi connectivity index (χ0) is 21.6. The first-order valence-corrected chi connectivity index (χ1v) is 11.0. The number of nitrogens with zero attached hydrogens (tertiary/aromatic N) is 1. The molecule has 0 aliphatic carbocycles. The Morgan fingerprint density at radius 2 is 1.58 bits per heavy atom. The number of carbonyl (C=O) groups excluding carboxylic acids is 2. The van der Waals surface area contributed by atoms with E-state index < -0.39 is 0 Å². The summed E-state index contributed by atoms with van der Waals surface area (Å²) in [6.07, 6.45) is 2.60. The van der Waals surface area contributed by atoms with Gasteiger partial charge in [0.1, 0.15) is 5.75 Å². The molecule has 0 saturated carbocycles. The number of benzene rings is 3. The molecule has 4 nitrogen and oxygen atoms in total. The molecule has 3 aromatic carbocycles. The van der Waals surface area contributed by atoms with Crippen LogP contribution in [0.3, 0.4) is 0 Å². The Morgan fingerprint density at radius 1 is 0.871 bits per heavy atom. The van der Waals surface area contributed by atoms with E-state index in [1.165, 1.54) is 10.5 Å². The van der Waals surface area contributed by atoms with Gasteiger partial charge in [0.05, 0.1) is 18.1 Å². The van der Waals surface area contributed by atoms with Gasteiger partial charge in [0.2, 0.25) is 0 Å². The number of ether oxygens (including phenoxy) is 1. The number of carbonyl (C=O) groups is 2.